The van der Waals surface area contributed by atoms with E-state index < -0.39 is 11.9 Å². The van der Waals surface area contributed by atoms with Crippen molar-refractivity contribution in [3.05, 3.63) is 23.8 Å². The fourth-order valence-corrected chi connectivity index (χ4v) is 2.26. The van der Waals surface area contributed by atoms with Gasteiger partial charge in [-0.1, -0.05) is 13.0 Å². The largest absolute Gasteiger partial charge is 0.423 e. The number of rotatable bonds is 11. The Balaban J connectivity index is 2.61. The minimum absolute atomic E-state index is 0.108. The molecule has 150 valence electrons. The third-order valence-corrected chi connectivity index (χ3v) is 3.48. The van der Waals surface area contributed by atoms with Crippen LogP contribution in [0.4, 0.5) is 0 Å². The van der Waals surface area contributed by atoms with Gasteiger partial charge in [0.2, 0.25) is 5.91 Å². The number of nitrogens with one attached hydrogen (secondary N) is 1. The summed E-state index contributed by atoms with van der Waals surface area (Å²) in [6.07, 6.45) is 0.435. The summed E-state index contributed by atoms with van der Waals surface area (Å²) in [5.74, 6) is -1.14. The van der Waals surface area contributed by atoms with Gasteiger partial charge in [-0.05, 0) is 24.1 Å². The number of hydrogen-bond acceptors (Lipinski definition) is 7. The summed E-state index contributed by atoms with van der Waals surface area (Å²) in [6.45, 7) is 6.14. The molecule has 0 aromatic heterocycles. The molecule has 1 aromatic carbocycles. The van der Waals surface area contributed by atoms with Crippen molar-refractivity contribution in [1.82, 2.24) is 5.32 Å². The van der Waals surface area contributed by atoms with Gasteiger partial charge in [0.1, 0.15) is 0 Å². The molecule has 1 N–H and O–H groups in total. The molecule has 8 nitrogen and oxygen atoms in total. The topological polar surface area (TPSA) is 100 Å². The second-order valence-corrected chi connectivity index (χ2v) is 5.97. The molecule has 0 saturated carbocycles. The smallest absolute Gasteiger partial charge is 0.308 e. The van der Waals surface area contributed by atoms with Gasteiger partial charge in [-0.3, -0.25) is 14.4 Å². The monoisotopic (exact) mass is 381 g/mol. The predicted molar refractivity (Wildman–Crippen MR) is 97.6 cm³/mol. The minimum Gasteiger partial charge on any atom is -0.423 e. The number of methoxy groups -OCH3 is 1. The Kier molecular flexibility index (Phi) is 10.1. The van der Waals surface area contributed by atoms with Crippen LogP contribution in [0.25, 0.3) is 0 Å². The number of carbonyl (C=O) groups excluding carboxylic acids is 3. The fourth-order valence-electron chi connectivity index (χ4n) is 2.26. The average Bonchev–Trinajstić information content (AvgIpc) is 2.59. The number of benzene rings is 1. The van der Waals surface area contributed by atoms with Crippen LogP contribution in [-0.4, -0.2) is 51.3 Å². The molecule has 1 aromatic rings. The Hall–Kier alpha value is -2.45. The standard InChI is InChI=1S/C19H27NO7/c1-13(19(23)20-7-8-25-10-9-24-4)11-16-5-6-17(26-14(2)21)18(12-16)27-15(3)22/h5-6,12-13H,7-11H2,1-4H3,(H,20,23). The van der Waals surface area contributed by atoms with E-state index in [1.807, 2.05) is 0 Å². The Bertz CT molecular complexity index is 645. The first-order chi connectivity index (χ1) is 12.8. The Morgan fingerprint density at radius 1 is 1.00 bits per heavy atom. The molecule has 0 aliphatic heterocycles. The Morgan fingerprint density at radius 3 is 2.30 bits per heavy atom. The van der Waals surface area contributed by atoms with Gasteiger partial charge >= 0.3 is 11.9 Å². The summed E-state index contributed by atoms with van der Waals surface area (Å²) in [5.41, 5.74) is 0.779. The minimum atomic E-state index is -0.528. The lowest BCUT2D eigenvalue weighted by Crippen LogP contribution is -2.33. The van der Waals surface area contributed by atoms with Gasteiger partial charge in [0, 0.05) is 33.4 Å². The quantitative estimate of drug-likeness (QED) is 0.352. The van der Waals surface area contributed by atoms with Gasteiger partial charge in [0.25, 0.3) is 0 Å². The van der Waals surface area contributed by atoms with Crippen LogP contribution in [0.1, 0.15) is 26.3 Å². The van der Waals surface area contributed by atoms with Crippen molar-refractivity contribution in [2.75, 3.05) is 33.5 Å². The van der Waals surface area contributed by atoms with Crippen LogP contribution < -0.4 is 14.8 Å². The number of hydrogen-bond donors (Lipinski definition) is 1. The summed E-state index contributed by atoms with van der Waals surface area (Å²) < 4.78 is 20.3. The number of ether oxygens (including phenoxy) is 4. The molecule has 1 unspecified atom stereocenters. The van der Waals surface area contributed by atoms with E-state index in [4.69, 9.17) is 18.9 Å². The highest BCUT2D eigenvalue weighted by Gasteiger charge is 2.16. The van der Waals surface area contributed by atoms with Gasteiger partial charge in [-0.2, -0.15) is 0 Å². The molecule has 27 heavy (non-hydrogen) atoms. The first-order valence-corrected chi connectivity index (χ1v) is 8.67. The molecule has 0 aliphatic rings. The first kappa shape index (κ1) is 22.6. The van der Waals surface area contributed by atoms with Crippen LogP contribution in [-0.2, 0) is 30.3 Å². The molecule has 1 rings (SSSR count). The molecule has 0 radical (unpaired) electrons. The van der Waals surface area contributed by atoms with Gasteiger partial charge in [-0.25, -0.2) is 0 Å². The molecular formula is C19H27NO7. The van der Waals surface area contributed by atoms with E-state index in [0.29, 0.717) is 32.8 Å². The zero-order valence-corrected chi connectivity index (χ0v) is 16.2. The lowest BCUT2D eigenvalue weighted by Gasteiger charge is -2.14. The van der Waals surface area contributed by atoms with Crippen molar-refractivity contribution in [3.63, 3.8) is 0 Å². The summed E-state index contributed by atoms with van der Waals surface area (Å²) in [6, 6.07) is 4.86. The zero-order chi connectivity index (χ0) is 20.2. The third kappa shape index (κ3) is 9.16. The lowest BCUT2D eigenvalue weighted by molar-refractivity contribution is -0.134. The van der Waals surface area contributed by atoms with Crippen LogP contribution in [0.3, 0.4) is 0 Å². The predicted octanol–water partition coefficient (Wildman–Crippen LogP) is 1.49. The van der Waals surface area contributed by atoms with E-state index >= 15 is 0 Å². The van der Waals surface area contributed by atoms with Gasteiger partial charge < -0.3 is 24.3 Å². The molecular weight excluding hydrogens is 354 g/mol. The molecule has 0 aliphatic carbocycles. The summed E-state index contributed by atoms with van der Waals surface area (Å²) in [5, 5.41) is 2.80. The maximum atomic E-state index is 12.2. The number of carbonyl (C=O) groups is 3. The van der Waals surface area contributed by atoms with E-state index in [9.17, 15) is 14.4 Å². The molecule has 0 saturated heterocycles. The second kappa shape index (κ2) is 12.0. The fraction of sp³-hybridized carbons (Fsp3) is 0.526. The molecule has 8 heteroatoms. The van der Waals surface area contributed by atoms with Crippen molar-refractivity contribution in [2.45, 2.75) is 27.2 Å². The normalized spacial score (nSPS) is 11.6. The number of amides is 1. The van der Waals surface area contributed by atoms with E-state index in [1.54, 1.807) is 32.2 Å². The lowest BCUT2D eigenvalue weighted by atomic mass is 10.00. The summed E-state index contributed by atoms with van der Waals surface area (Å²) in [4.78, 5) is 34.6. The SMILES string of the molecule is COCCOCCNC(=O)C(C)Cc1ccc(OC(C)=O)c(OC(C)=O)c1. The van der Waals surface area contributed by atoms with Crippen LogP contribution in [0.15, 0.2) is 18.2 Å². The highest BCUT2D eigenvalue weighted by molar-refractivity contribution is 5.78. The van der Waals surface area contributed by atoms with Crippen LogP contribution in [0, 0.1) is 5.92 Å². The highest BCUT2D eigenvalue weighted by Crippen LogP contribution is 2.29. The Morgan fingerprint density at radius 2 is 1.67 bits per heavy atom. The zero-order valence-electron chi connectivity index (χ0n) is 16.2. The average molecular weight is 381 g/mol. The molecule has 1 atom stereocenters. The molecule has 0 fully saturated rings. The molecule has 0 heterocycles. The molecule has 0 bridgehead atoms. The summed E-state index contributed by atoms with van der Waals surface area (Å²) >= 11 is 0. The van der Waals surface area contributed by atoms with Crippen molar-refractivity contribution >= 4 is 17.8 Å². The Labute approximate surface area is 159 Å². The highest BCUT2D eigenvalue weighted by atomic mass is 16.6. The van der Waals surface area contributed by atoms with Gasteiger partial charge in [0.05, 0.1) is 19.8 Å². The van der Waals surface area contributed by atoms with Crippen molar-refractivity contribution in [3.8, 4) is 11.5 Å². The maximum Gasteiger partial charge on any atom is 0.308 e. The van der Waals surface area contributed by atoms with Crippen LogP contribution >= 0.6 is 0 Å². The van der Waals surface area contributed by atoms with Crippen molar-refractivity contribution in [1.29, 1.82) is 0 Å². The van der Waals surface area contributed by atoms with Gasteiger partial charge in [0.15, 0.2) is 11.5 Å². The van der Waals surface area contributed by atoms with Crippen LogP contribution in [0.2, 0.25) is 0 Å². The third-order valence-electron chi connectivity index (χ3n) is 3.48. The van der Waals surface area contributed by atoms with E-state index in [2.05, 4.69) is 5.32 Å². The molecule has 1 amide bonds. The molecule has 0 spiro atoms. The van der Waals surface area contributed by atoms with Crippen LogP contribution in [0.5, 0.6) is 11.5 Å². The van der Waals surface area contributed by atoms with E-state index in [1.165, 1.54) is 13.8 Å². The number of esters is 2. The van der Waals surface area contributed by atoms with E-state index in [0.717, 1.165) is 5.56 Å². The van der Waals surface area contributed by atoms with Gasteiger partial charge in [-0.15, -0.1) is 0 Å². The summed E-state index contributed by atoms with van der Waals surface area (Å²) in [7, 11) is 1.60. The first-order valence-electron chi connectivity index (χ1n) is 8.67. The van der Waals surface area contributed by atoms with Crippen molar-refractivity contribution < 1.29 is 33.3 Å². The maximum absolute atomic E-state index is 12.2. The van der Waals surface area contributed by atoms with E-state index in [-0.39, 0.29) is 23.3 Å². The van der Waals surface area contributed by atoms with Crippen molar-refractivity contribution in [2.24, 2.45) is 5.92 Å². The second-order valence-electron chi connectivity index (χ2n) is 5.97.